The molecule has 0 saturated carbocycles. The molecule has 0 aromatic heterocycles. The number of benzene rings is 2. The van der Waals surface area contributed by atoms with Crippen LogP contribution < -0.4 is 5.73 Å². The molecule has 1 atom stereocenters. The molecule has 0 amide bonds. The number of anilines is 1. The molecular weight excluding hydrogens is 250 g/mol. The summed E-state index contributed by atoms with van der Waals surface area (Å²) >= 11 is 7.76. The number of rotatable bonds is 3. The van der Waals surface area contributed by atoms with Crippen molar-refractivity contribution in [3.8, 4) is 0 Å². The Morgan fingerprint density at radius 3 is 2.47 bits per heavy atom. The van der Waals surface area contributed by atoms with Gasteiger partial charge in [-0.3, -0.25) is 0 Å². The Hall–Kier alpha value is -1.12. The normalized spacial score (nSPS) is 12.4. The largest absolute Gasteiger partial charge is 0.399 e. The second-order valence-corrected chi connectivity index (χ2v) is 5.73. The van der Waals surface area contributed by atoms with E-state index in [0.29, 0.717) is 5.25 Å². The number of hydrogen-bond donors (Lipinski definition) is 1. The number of nitrogen functional groups attached to an aromatic ring is 1. The van der Waals surface area contributed by atoms with Gasteiger partial charge in [-0.25, -0.2) is 0 Å². The summed E-state index contributed by atoms with van der Waals surface area (Å²) in [6.07, 6.45) is 0. The van der Waals surface area contributed by atoms with E-state index >= 15 is 0 Å². The lowest BCUT2D eigenvalue weighted by Gasteiger charge is -2.12. The molecule has 0 aliphatic carbocycles. The van der Waals surface area contributed by atoms with Crippen molar-refractivity contribution in [2.24, 2.45) is 0 Å². The molecule has 17 heavy (non-hydrogen) atoms. The zero-order chi connectivity index (χ0) is 12.3. The second-order valence-electron chi connectivity index (χ2n) is 3.88. The molecule has 2 rings (SSSR count). The van der Waals surface area contributed by atoms with Gasteiger partial charge in [0.2, 0.25) is 0 Å². The first-order valence-electron chi connectivity index (χ1n) is 5.43. The minimum Gasteiger partial charge on any atom is -0.399 e. The molecule has 2 aromatic rings. The monoisotopic (exact) mass is 263 g/mol. The van der Waals surface area contributed by atoms with Gasteiger partial charge in [0.05, 0.1) is 0 Å². The molecule has 1 nitrogen and oxygen atoms in total. The summed E-state index contributed by atoms with van der Waals surface area (Å²) in [5.74, 6) is 0. The molecule has 0 aliphatic heterocycles. The van der Waals surface area contributed by atoms with E-state index in [2.05, 4.69) is 25.1 Å². The zero-order valence-electron chi connectivity index (χ0n) is 9.56. The quantitative estimate of drug-likeness (QED) is 0.637. The molecule has 0 aliphatic rings. The molecule has 0 radical (unpaired) electrons. The van der Waals surface area contributed by atoms with E-state index in [4.69, 9.17) is 17.3 Å². The van der Waals surface area contributed by atoms with Gasteiger partial charge in [-0.05, 0) is 42.8 Å². The summed E-state index contributed by atoms with van der Waals surface area (Å²) in [5.41, 5.74) is 7.74. The van der Waals surface area contributed by atoms with Crippen molar-refractivity contribution < 1.29 is 0 Å². The summed E-state index contributed by atoms with van der Waals surface area (Å²) in [4.78, 5) is 1.18. The van der Waals surface area contributed by atoms with Gasteiger partial charge in [0.25, 0.3) is 0 Å². The molecular formula is C14H14ClNS. The second kappa shape index (κ2) is 5.48. The van der Waals surface area contributed by atoms with Gasteiger partial charge in [-0.2, -0.15) is 0 Å². The lowest BCUT2D eigenvalue weighted by Crippen LogP contribution is -1.90. The molecule has 0 bridgehead atoms. The lowest BCUT2D eigenvalue weighted by atomic mass is 10.1. The number of halogens is 1. The summed E-state index contributed by atoms with van der Waals surface area (Å²) in [7, 11) is 0. The fraction of sp³-hybridized carbons (Fsp3) is 0.143. The van der Waals surface area contributed by atoms with Crippen LogP contribution in [-0.2, 0) is 0 Å². The van der Waals surface area contributed by atoms with Crippen molar-refractivity contribution in [2.75, 3.05) is 5.73 Å². The molecule has 0 spiro atoms. The lowest BCUT2D eigenvalue weighted by molar-refractivity contribution is 1.10. The first-order chi connectivity index (χ1) is 8.15. The smallest absolute Gasteiger partial charge is 0.0417 e. The highest BCUT2D eigenvalue weighted by atomic mass is 35.5. The van der Waals surface area contributed by atoms with Crippen LogP contribution >= 0.6 is 23.4 Å². The summed E-state index contributed by atoms with van der Waals surface area (Å²) in [5, 5.41) is 1.16. The van der Waals surface area contributed by atoms with E-state index in [9.17, 15) is 0 Å². The van der Waals surface area contributed by atoms with Gasteiger partial charge in [0, 0.05) is 20.9 Å². The van der Waals surface area contributed by atoms with Crippen LogP contribution in [0.15, 0.2) is 53.4 Å². The minimum absolute atomic E-state index is 0.383. The van der Waals surface area contributed by atoms with Crippen molar-refractivity contribution in [2.45, 2.75) is 17.1 Å². The number of nitrogens with two attached hydrogens (primary N) is 1. The molecule has 2 aromatic carbocycles. The van der Waals surface area contributed by atoms with Crippen molar-refractivity contribution >= 4 is 29.1 Å². The van der Waals surface area contributed by atoms with Gasteiger partial charge in [-0.1, -0.05) is 29.8 Å². The van der Waals surface area contributed by atoms with E-state index in [1.807, 2.05) is 30.3 Å². The molecule has 0 fully saturated rings. The maximum absolute atomic E-state index is 5.97. The summed E-state index contributed by atoms with van der Waals surface area (Å²) < 4.78 is 0. The van der Waals surface area contributed by atoms with Crippen molar-refractivity contribution in [3.05, 3.63) is 59.1 Å². The maximum Gasteiger partial charge on any atom is 0.0417 e. The Bertz CT molecular complexity index is 496. The van der Waals surface area contributed by atoms with Gasteiger partial charge in [-0.15, -0.1) is 11.8 Å². The average Bonchev–Trinajstić information content (AvgIpc) is 2.29. The predicted molar refractivity (Wildman–Crippen MR) is 76.6 cm³/mol. The first-order valence-corrected chi connectivity index (χ1v) is 6.68. The Morgan fingerprint density at radius 2 is 1.82 bits per heavy atom. The highest BCUT2D eigenvalue weighted by Gasteiger charge is 2.07. The van der Waals surface area contributed by atoms with Crippen LogP contribution in [-0.4, -0.2) is 0 Å². The third kappa shape index (κ3) is 3.42. The molecule has 1 unspecified atom stereocenters. The van der Waals surface area contributed by atoms with Crippen LogP contribution in [0.3, 0.4) is 0 Å². The Balaban J connectivity index is 2.11. The van der Waals surface area contributed by atoms with Gasteiger partial charge < -0.3 is 5.73 Å². The van der Waals surface area contributed by atoms with Crippen LogP contribution in [0.2, 0.25) is 5.02 Å². The highest BCUT2D eigenvalue weighted by Crippen LogP contribution is 2.35. The van der Waals surface area contributed by atoms with E-state index < -0.39 is 0 Å². The molecule has 0 heterocycles. The van der Waals surface area contributed by atoms with E-state index in [-0.39, 0.29) is 0 Å². The summed E-state index contributed by atoms with van der Waals surface area (Å²) in [6.45, 7) is 2.18. The Labute approximate surface area is 111 Å². The van der Waals surface area contributed by atoms with Crippen molar-refractivity contribution in [1.82, 2.24) is 0 Å². The highest BCUT2D eigenvalue weighted by molar-refractivity contribution is 7.99. The van der Waals surface area contributed by atoms with Gasteiger partial charge >= 0.3 is 0 Å². The van der Waals surface area contributed by atoms with Crippen molar-refractivity contribution in [3.63, 3.8) is 0 Å². The molecule has 3 heteroatoms. The predicted octanol–water partition coefficient (Wildman–Crippen LogP) is 4.78. The SMILES string of the molecule is CC(Sc1cccc(Cl)c1)c1ccc(N)cc1. The van der Waals surface area contributed by atoms with E-state index in [1.165, 1.54) is 10.5 Å². The fourth-order valence-electron chi connectivity index (χ4n) is 1.58. The zero-order valence-corrected chi connectivity index (χ0v) is 11.1. The average molecular weight is 264 g/mol. The van der Waals surface area contributed by atoms with Crippen LogP contribution in [0, 0.1) is 0 Å². The van der Waals surface area contributed by atoms with Crippen LogP contribution in [0.4, 0.5) is 5.69 Å². The molecule has 2 N–H and O–H groups in total. The third-order valence-corrected chi connectivity index (χ3v) is 3.90. The van der Waals surface area contributed by atoms with Crippen molar-refractivity contribution in [1.29, 1.82) is 0 Å². The van der Waals surface area contributed by atoms with E-state index in [0.717, 1.165) is 10.7 Å². The van der Waals surface area contributed by atoms with Gasteiger partial charge in [0.1, 0.15) is 0 Å². The van der Waals surface area contributed by atoms with E-state index in [1.54, 1.807) is 11.8 Å². The standard InChI is InChI=1S/C14H14ClNS/c1-10(11-5-7-13(16)8-6-11)17-14-4-2-3-12(15)9-14/h2-10H,16H2,1H3. The maximum atomic E-state index is 5.97. The Morgan fingerprint density at radius 1 is 1.12 bits per heavy atom. The van der Waals surface area contributed by atoms with Crippen LogP contribution in [0.1, 0.15) is 17.7 Å². The minimum atomic E-state index is 0.383. The number of hydrogen-bond acceptors (Lipinski definition) is 2. The van der Waals surface area contributed by atoms with Gasteiger partial charge in [0.15, 0.2) is 0 Å². The molecule has 88 valence electrons. The fourth-order valence-corrected chi connectivity index (χ4v) is 2.89. The van der Waals surface area contributed by atoms with Crippen LogP contribution in [0.5, 0.6) is 0 Å². The Kier molecular flexibility index (Phi) is 3.97. The molecule has 0 saturated heterocycles. The summed E-state index contributed by atoms with van der Waals surface area (Å²) in [6, 6.07) is 15.9. The number of thioether (sulfide) groups is 1. The topological polar surface area (TPSA) is 26.0 Å². The van der Waals surface area contributed by atoms with Crippen LogP contribution in [0.25, 0.3) is 0 Å². The first kappa shape index (κ1) is 12.3. The third-order valence-electron chi connectivity index (χ3n) is 2.51.